The SMILES string of the molecule is Cc1cc(C)c(C(Br)c2csc3ccccc23)s1. The molecule has 2 heterocycles. The van der Waals surface area contributed by atoms with Crippen LogP contribution in [0.2, 0.25) is 0 Å². The van der Waals surface area contributed by atoms with Gasteiger partial charge in [0.15, 0.2) is 0 Å². The second-order valence-electron chi connectivity index (χ2n) is 4.45. The van der Waals surface area contributed by atoms with Crippen molar-refractivity contribution in [3.05, 3.63) is 56.6 Å². The van der Waals surface area contributed by atoms with Gasteiger partial charge < -0.3 is 0 Å². The lowest BCUT2D eigenvalue weighted by Crippen LogP contribution is -1.89. The fraction of sp³-hybridized carbons (Fsp3) is 0.200. The lowest BCUT2D eigenvalue weighted by Gasteiger charge is -2.08. The molecule has 3 heteroatoms. The number of halogens is 1. The highest BCUT2D eigenvalue weighted by atomic mass is 79.9. The molecule has 0 aliphatic carbocycles. The molecular formula is C15H13BrS2. The molecule has 18 heavy (non-hydrogen) atoms. The Morgan fingerprint density at radius 1 is 1.17 bits per heavy atom. The smallest absolute Gasteiger partial charge is 0.0754 e. The lowest BCUT2D eigenvalue weighted by molar-refractivity contribution is 1.23. The number of fused-ring (bicyclic) bond motifs is 1. The molecular weight excluding hydrogens is 324 g/mol. The molecule has 3 aromatic rings. The maximum absolute atomic E-state index is 3.88. The summed E-state index contributed by atoms with van der Waals surface area (Å²) in [6.45, 7) is 4.37. The van der Waals surface area contributed by atoms with E-state index in [1.165, 1.54) is 31.0 Å². The van der Waals surface area contributed by atoms with Crippen LogP contribution in [0.5, 0.6) is 0 Å². The molecule has 0 aliphatic heterocycles. The molecule has 0 fully saturated rings. The summed E-state index contributed by atoms with van der Waals surface area (Å²) >= 11 is 7.59. The topological polar surface area (TPSA) is 0 Å². The average Bonchev–Trinajstić information content (AvgIpc) is 2.92. The Bertz CT molecular complexity index is 693. The maximum atomic E-state index is 3.88. The predicted molar refractivity (Wildman–Crippen MR) is 86.4 cm³/mol. The molecule has 2 aromatic heterocycles. The van der Waals surface area contributed by atoms with E-state index in [-0.39, 0.29) is 0 Å². The molecule has 0 bridgehead atoms. The Balaban J connectivity index is 2.12. The zero-order chi connectivity index (χ0) is 12.7. The first-order valence-corrected chi connectivity index (χ1v) is 8.45. The molecule has 0 saturated heterocycles. The van der Waals surface area contributed by atoms with Crippen molar-refractivity contribution in [2.45, 2.75) is 18.7 Å². The molecule has 1 unspecified atom stereocenters. The minimum Gasteiger partial charge on any atom is -0.144 e. The van der Waals surface area contributed by atoms with E-state index in [1.807, 2.05) is 22.7 Å². The van der Waals surface area contributed by atoms with Gasteiger partial charge in [0.2, 0.25) is 0 Å². The summed E-state index contributed by atoms with van der Waals surface area (Å²) in [7, 11) is 0. The summed E-state index contributed by atoms with van der Waals surface area (Å²) in [5, 5.41) is 3.65. The number of hydrogen-bond acceptors (Lipinski definition) is 2. The minimum atomic E-state index is 0.312. The Hall–Kier alpha value is -0.640. The van der Waals surface area contributed by atoms with Crippen molar-refractivity contribution in [1.29, 1.82) is 0 Å². The fourth-order valence-electron chi connectivity index (χ4n) is 2.25. The highest BCUT2D eigenvalue weighted by Crippen LogP contribution is 2.42. The molecule has 1 aromatic carbocycles. The van der Waals surface area contributed by atoms with Gasteiger partial charge >= 0.3 is 0 Å². The standard InChI is InChI=1S/C15H13BrS2/c1-9-7-10(2)18-15(9)14(16)12-8-17-13-6-4-3-5-11(12)13/h3-8,14H,1-2H3. The van der Waals surface area contributed by atoms with Crippen molar-refractivity contribution < 1.29 is 0 Å². The van der Waals surface area contributed by atoms with Gasteiger partial charge in [0.1, 0.15) is 0 Å². The average molecular weight is 337 g/mol. The van der Waals surface area contributed by atoms with Crippen molar-refractivity contribution >= 4 is 48.7 Å². The van der Waals surface area contributed by atoms with Crippen LogP contribution in [0.3, 0.4) is 0 Å². The van der Waals surface area contributed by atoms with Crippen molar-refractivity contribution in [3.8, 4) is 0 Å². The normalized spacial score (nSPS) is 13.1. The Morgan fingerprint density at radius 2 is 1.94 bits per heavy atom. The zero-order valence-corrected chi connectivity index (χ0v) is 13.5. The molecule has 92 valence electrons. The summed E-state index contributed by atoms with van der Waals surface area (Å²) in [6, 6.07) is 10.9. The Labute approximate surface area is 123 Å². The predicted octanol–water partition coefficient (Wildman–Crippen LogP) is 6.06. The van der Waals surface area contributed by atoms with E-state index in [0.29, 0.717) is 4.83 Å². The third-order valence-electron chi connectivity index (χ3n) is 3.09. The summed E-state index contributed by atoms with van der Waals surface area (Å²) in [6.07, 6.45) is 0. The number of rotatable bonds is 2. The Morgan fingerprint density at radius 3 is 2.67 bits per heavy atom. The summed E-state index contributed by atoms with van der Waals surface area (Å²) in [5.74, 6) is 0. The van der Waals surface area contributed by atoms with E-state index >= 15 is 0 Å². The van der Waals surface area contributed by atoms with E-state index in [0.717, 1.165) is 0 Å². The quantitative estimate of drug-likeness (QED) is 0.498. The molecule has 1 atom stereocenters. The van der Waals surface area contributed by atoms with Crippen LogP contribution >= 0.6 is 38.6 Å². The number of benzene rings is 1. The number of aryl methyl sites for hydroxylation is 2. The van der Waals surface area contributed by atoms with Crippen LogP contribution < -0.4 is 0 Å². The second-order valence-corrected chi connectivity index (χ2v) is 7.57. The fourth-order valence-corrected chi connectivity index (χ4v) is 5.46. The van der Waals surface area contributed by atoms with Gasteiger partial charge in [0.25, 0.3) is 0 Å². The molecule has 0 aliphatic rings. The monoisotopic (exact) mass is 336 g/mol. The molecule has 3 rings (SSSR count). The van der Waals surface area contributed by atoms with Gasteiger partial charge in [-0.1, -0.05) is 34.1 Å². The molecule has 0 nitrogen and oxygen atoms in total. The minimum absolute atomic E-state index is 0.312. The van der Waals surface area contributed by atoms with Crippen molar-refractivity contribution in [3.63, 3.8) is 0 Å². The van der Waals surface area contributed by atoms with Gasteiger partial charge in [-0.2, -0.15) is 0 Å². The summed E-state index contributed by atoms with van der Waals surface area (Å²) in [5.41, 5.74) is 2.77. The largest absolute Gasteiger partial charge is 0.144 e. The van der Waals surface area contributed by atoms with Gasteiger partial charge in [0, 0.05) is 14.5 Å². The van der Waals surface area contributed by atoms with E-state index in [1.54, 1.807) is 0 Å². The van der Waals surface area contributed by atoms with Gasteiger partial charge in [-0.25, -0.2) is 0 Å². The molecule has 0 spiro atoms. The van der Waals surface area contributed by atoms with Crippen LogP contribution in [0.1, 0.15) is 25.7 Å². The first kappa shape index (κ1) is 12.4. The number of thiophene rings is 2. The molecule has 0 N–H and O–H groups in total. The first-order valence-electron chi connectivity index (χ1n) is 5.84. The van der Waals surface area contributed by atoms with Crippen LogP contribution in [0.4, 0.5) is 0 Å². The molecule has 0 radical (unpaired) electrons. The van der Waals surface area contributed by atoms with Crippen LogP contribution in [0.25, 0.3) is 10.1 Å². The first-order chi connectivity index (χ1) is 8.66. The lowest BCUT2D eigenvalue weighted by atomic mass is 10.1. The van der Waals surface area contributed by atoms with Gasteiger partial charge in [-0.15, -0.1) is 22.7 Å². The third kappa shape index (κ3) is 2.04. The summed E-state index contributed by atoms with van der Waals surface area (Å²) < 4.78 is 1.36. The van der Waals surface area contributed by atoms with Crippen molar-refractivity contribution in [2.24, 2.45) is 0 Å². The highest BCUT2D eigenvalue weighted by molar-refractivity contribution is 9.09. The van der Waals surface area contributed by atoms with Crippen molar-refractivity contribution in [2.75, 3.05) is 0 Å². The van der Waals surface area contributed by atoms with E-state index in [4.69, 9.17) is 0 Å². The maximum Gasteiger partial charge on any atom is 0.0754 e. The van der Waals surface area contributed by atoms with Gasteiger partial charge in [0.05, 0.1) is 4.83 Å². The van der Waals surface area contributed by atoms with Gasteiger partial charge in [-0.3, -0.25) is 0 Å². The molecule has 0 saturated carbocycles. The van der Waals surface area contributed by atoms with Crippen LogP contribution in [-0.2, 0) is 0 Å². The van der Waals surface area contributed by atoms with Crippen LogP contribution in [0.15, 0.2) is 35.7 Å². The van der Waals surface area contributed by atoms with E-state index in [9.17, 15) is 0 Å². The molecule has 0 amide bonds. The van der Waals surface area contributed by atoms with Crippen LogP contribution in [0, 0.1) is 13.8 Å². The summed E-state index contributed by atoms with van der Waals surface area (Å²) in [4.78, 5) is 3.12. The zero-order valence-electron chi connectivity index (χ0n) is 10.2. The third-order valence-corrected chi connectivity index (χ3v) is 6.55. The Kier molecular flexibility index (Phi) is 3.31. The van der Waals surface area contributed by atoms with Crippen molar-refractivity contribution in [1.82, 2.24) is 0 Å². The van der Waals surface area contributed by atoms with E-state index < -0.39 is 0 Å². The van der Waals surface area contributed by atoms with E-state index in [2.05, 4.69) is 65.5 Å². The van der Waals surface area contributed by atoms with Crippen LogP contribution in [-0.4, -0.2) is 0 Å². The second kappa shape index (κ2) is 4.80. The highest BCUT2D eigenvalue weighted by Gasteiger charge is 2.18. The van der Waals surface area contributed by atoms with Gasteiger partial charge in [-0.05, 0) is 47.9 Å². The number of hydrogen-bond donors (Lipinski definition) is 0. The number of alkyl halides is 1.